The Labute approximate surface area is 102 Å². The van der Waals surface area contributed by atoms with Crippen molar-refractivity contribution in [1.82, 2.24) is 19.2 Å². The van der Waals surface area contributed by atoms with Crippen molar-refractivity contribution in [3.8, 4) is 0 Å². The molecule has 0 fully saturated rings. The van der Waals surface area contributed by atoms with Gasteiger partial charge < -0.3 is 10.1 Å². The standard InChI is InChI=1S/C9H9N5O2S/c1-16-9(15)6-4-10-5-8(11-6)12-7-2-3-14(17)13-7/h2-5,17H,1H3,(H,11,12,13). The number of hydrogen-bond donors (Lipinski definition) is 2. The molecular formula is C9H9N5O2S. The zero-order valence-corrected chi connectivity index (χ0v) is 9.76. The summed E-state index contributed by atoms with van der Waals surface area (Å²) in [5.74, 6) is 0.414. The highest BCUT2D eigenvalue weighted by atomic mass is 32.1. The third kappa shape index (κ3) is 2.72. The monoisotopic (exact) mass is 251 g/mol. The summed E-state index contributed by atoms with van der Waals surface area (Å²) < 4.78 is 5.89. The Morgan fingerprint density at radius 1 is 1.47 bits per heavy atom. The van der Waals surface area contributed by atoms with Gasteiger partial charge in [0.15, 0.2) is 17.3 Å². The van der Waals surface area contributed by atoms with E-state index < -0.39 is 5.97 Å². The first-order valence-electron chi connectivity index (χ1n) is 4.61. The fourth-order valence-electron chi connectivity index (χ4n) is 1.14. The van der Waals surface area contributed by atoms with Crippen molar-refractivity contribution in [2.24, 2.45) is 0 Å². The topological polar surface area (TPSA) is 81.9 Å². The van der Waals surface area contributed by atoms with Gasteiger partial charge in [-0.05, 0) is 12.8 Å². The molecule has 0 aromatic carbocycles. The quantitative estimate of drug-likeness (QED) is 0.623. The van der Waals surface area contributed by atoms with E-state index in [2.05, 4.69) is 37.9 Å². The van der Waals surface area contributed by atoms with Crippen LogP contribution in [0.25, 0.3) is 0 Å². The third-order valence-corrected chi connectivity index (χ3v) is 2.08. The zero-order chi connectivity index (χ0) is 12.3. The van der Waals surface area contributed by atoms with Gasteiger partial charge in [0.25, 0.3) is 0 Å². The smallest absolute Gasteiger partial charge is 0.358 e. The van der Waals surface area contributed by atoms with Crippen LogP contribution in [-0.2, 0) is 4.74 Å². The largest absolute Gasteiger partial charge is 0.464 e. The lowest BCUT2D eigenvalue weighted by molar-refractivity contribution is 0.0593. The van der Waals surface area contributed by atoms with Gasteiger partial charge in [0, 0.05) is 12.3 Å². The Hall–Kier alpha value is -2.09. The van der Waals surface area contributed by atoms with Gasteiger partial charge in [0.2, 0.25) is 0 Å². The minimum absolute atomic E-state index is 0.128. The maximum Gasteiger partial charge on any atom is 0.358 e. The predicted molar refractivity (Wildman–Crippen MR) is 63.3 cm³/mol. The van der Waals surface area contributed by atoms with Gasteiger partial charge in [-0.2, -0.15) is 0 Å². The van der Waals surface area contributed by atoms with Crippen molar-refractivity contribution in [3.63, 3.8) is 0 Å². The van der Waals surface area contributed by atoms with E-state index in [1.54, 1.807) is 12.3 Å². The summed E-state index contributed by atoms with van der Waals surface area (Å²) in [7, 11) is 1.28. The lowest BCUT2D eigenvalue weighted by Gasteiger charge is -2.02. The van der Waals surface area contributed by atoms with Crippen LogP contribution < -0.4 is 5.32 Å². The van der Waals surface area contributed by atoms with Crippen molar-refractivity contribution < 1.29 is 9.53 Å². The van der Waals surface area contributed by atoms with E-state index in [1.807, 2.05) is 0 Å². The Morgan fingerprint density at radius 3 is 2.94 bits per heavy atom. The molecule has 0 saturated heterocycles. The Morgan fingerprint density at radius 2 is 2.29 bits per heavy atom. The summed E-state index contributed by atoms with van der Waals surface area (Å²) in [5, 5.41) is 6.87. The number of hydrogen-bond acceptors (Lipinski definition) is 7. The Kier molecular flexibility index (Phi) is 3.24. The molecule has 0 radical (unpaired) electrons. The highest BCUT2D eigenvalue weighted by Gasteiger charge is 2.08. The lowest BCUT2D eigenvalue weighted by Crippen LogP contribution is -2.06. The third-order valence-electron chi connectivity index (χ3n) is 1.86. The van der Waals surface area contributed by atoms with Crippen molar-refractivity contribution in [2.45, 2.75) is 0 Å². The first kappa shape index (κ1) is 11.4. The minimum atomic E-state index is -0.541. The van der Waals surface area contributed by atoms with E-state index in [4.69, 9.17) is 0 Å². The van der Waals surface area contributed by atoms with E-state index >= 15 is 0 Å². The van der Waals surface area contributed by atoms with Gasteiger partial charge in [0.1, 0.15) is 0 Å². The molecule has 0 spiro atoms. The van der Waals surface area contributed by atoms with Crippen LogP contribution >= 0.6 is 12.8 Å². The summed E-state index contributed by atoms with van der Waals surface area (Å²) in [6, 6.07) is 1.71. The van der Waals surface area contributed by atoms with Crippen LogP contribution in [0.4, 0.5) is 11.6 Å². The van der Waals surface area contributed by atoms with Gasteiger partial charge in [-0.25, -0.2) is 13.9 Å². The Balaban J connectivity index is 2.19. The molecule has 0 amide bonds. The number of esters is 1. The molecule has 88 valence electrons. The molecule has 0 aliphatic heterocycles. The van der Waals surface area contributed by atoms with Gasteiger partial charge in [-0.1, -0.05) is 0 Å². The fraction of sp³-hybridized carbons (Fsp3) is 0.111. The second-order valence-corrected chi connectivity index (χ2v) is 3.44. The van der Waals surface area contributed by atoms with Crippen LogP contribution in [0.2, 0.25) is 0 Å². The van der Waals surface area contributed by atoms with Gasteiger partial charge in [0.05, 0.1) is 19.5 Å². The number of rotatable bonds is 3. The molecule has 2 heterocycles. The summed E-state index contributed by atoms with van der Waals surface area (Å²) in [6.07, 6.45) is 4.46. The van der Waals surface area contributed by atoms with Crippen molar-refractivity contribution >= 4 is 30.4 Å². The molecule has 0 atom stereocenters. The van der Waals surface area contributed by atoms with E-state index in [1.165, 1.54) is 23.6 Å². The summed E-state index contributed by atoms with van der Waals surface area (Å²) in [4.78, 5) is 19.1. The van der Waals surface area contributed by atoms with Crippen LogP contribution in [0.3, 0.4) is 0 Å². The van der Waals surface area contributed by atoms with Crippen LogP contribution in [0.15, 0.2) is 24.7 Å². The molecule has 2 rings (SSSR count). The highest BCUT2D eigenvalue weighted by molar-refractivity contribution is 7.78. The Bertz CT molecular complexity index is 542. The average Bonchev–Trinajstić information content (AvgIpc) is 2.74. The molecule has 2 aromatic rings. The number of carbonyl (C=O) groups excluding carboxylic acids is 1. The molecule has 1 N–H and O–H groups in total. The van der Waals surface area contributed by atoms with Crippen LogP contribution in [0.1, 0.15) is 10.5 Å². The summed E-state index contributed by atoms with van der Waals surface area (Å²) in [6.45, 7) is 0. The normalized spacial score (nSPS) is 10.0. The number of nitrogens with zero attached hydrogens (tertiary/aromatic N) is 4. The second-order valence-electron chi connectivity index (χ2n) is 3.03. The number of ether oxygens (including phenoxy) is 1. The molecular weight excluding hydrogens is 242 g/mol. The van der Waals surface area contributed by atoms with E-state index in [-0.39, 0.29) is 5.69 Å². The van der Waals surface area contributed by atoms with Gasteiger partial charge in [-0.15, -0.1) is 5.10 Å². The molecule has 0 bridgehead atoms. The van der Waals surface area contributed by atoms with E-state index in [9.17, 15) is 4.79 Å². The lowest BCUT2D eigenvalue weighted by atomic mass is 10.4. The maximum atomic E-state index is 11.2. The molecule has 2 aromatic heterocycles. The van der Waals surface area contributed by atoms with Crippen LogP contribution in [0, 0.1) is 0 Å². The average molecular weight is 251 g/mol. The molecule has 17 heavy (non-hydrogen) atoms. The number of anilines is 2. The second kappa shape index (κ2) is 4.83. The molecule has 0 saturated carbocycles. The minimum Gasteiger partial charge on any atom is -0.464 e. The summed E-state index contributed by atoms with van der Waals surface area (Å²) >= 11 is 4.00. The van der Waals surface area contributed by atoms with E-state index in [0.717, 1.165) is 0 Å². The molecule has 0 unspecified atom stereocenters. The van der Waals surface area contributed by atoms with Gasteiger partial charge >= 0.3 is 5.97 Å². The number of aromatic nitrogens is 4. The number of nitrogens with one attached hydrogen (secondary N) is 1. The number of methoxy groups -OCH3 is 1. The predicted octanol–water partition coefficient (Wildman–Crippen LogP) is 0.896. The summed E-state index contributed by atoms with van der Waals surface area (Å²) in [5.41, 5.74) is 0.128. The van der Waals surface area contributed by atoms with Crippen LogP contribution in [-0.4, -0.2) is 32.2 Å². The fourth-order valence-corrected chi connectivity index (χ4v) is 1.30. The van der Waals surface area contributed by atoms with Crippen molar-refractivity contribution in [3.05, 3.63) is 30.4 Å². The number of carbonyl (C=O) groups is 1. The molecule has 0 aliphatic rings. The first-order valence-corrected chi connectivity index (χ1v) is 5.01. The van der Waals surface area contributed by atoms with Gasteiger partial charge in [-0.3, -0.25) is 4.98 Å². The van der Waals surface area contributed by atoms with E-state index in [0.29, 0.717) is 11.6 Å². The first-order chi connectivity index (χ1) is 8.19. The molecule has 8 heteroatoms. The highest BCUT2D eigenvalue weighted by Crippen LogP contribution is 2.11. The van der Waals surface area contributed by atoms with Crippen molar-refractivity contribution in [1.29, 1.82) is 0 Å². The maximum absolute atomic E-state index is 11.2. The SMILES string of the molecule is COC(=O)c1cncc(Nc2ccn(S)n2)n1. The number of thiol groups is 1. The van der Waals surface area contributed by atoms with Crippen molar-refractivity contribution in [2.75, 3.05) is 12.4 Å². The molecule has 7 nitrogen and oxygen atoms in total. The van der Waals surface area contributed by atoms with Crippen LogP contribution in [0.5, 0.6) is 0 Å². The molecule has 0 aliphatic carbocycles. The zero-order valence-electron chi connectivity index (χ0n) is 8.86.